The molecule has 0 aromatic heterocycles. The third-order valence-corrected chi connectivity index (χ3v) is 22.8. The maximum atomic E-state index is 15.1. The van der Waals surface area contributed by atoms with Gasteiger partial charge in [0.2, 0.25) is 0 Å². The van der Waals surface area contributed by atoms with E-state index in [-0.39, 0.29) is 87.1 Å². The minimum Gasteiger partial charge on any atom is -0.406 e. The molecule has 3 aliphatic heterocycles. The SMILES string of the molecule is CCc1ccc(CC2CS/C(=N/N=C\c3ccc(C(=N)NC=Nc4ccc(OC(F)(F)F)cc4)cc3)N(c3cc(CC4CS/C(=N/N=C\c5ccc(C(=N)NC=Nc6ccc(OC(F)(F)F)cc6)cc5)N(c5c(Cl)cccc5C(F)(F)F)C4)ccc3OC(F)(F)F)C2)c(C)c1N1/C(=N\N=C/c2ccc(C(=N)NC=Nc3ccc(OC(F)(F)F)cc3)cc2)SCCC1C. The fraction of sp³-hybridized carbons (Fsp3) is 0.233. The summed E-state index contributed by atoms with van der Waals surface area (Å²) in [5, 5.41) is 61.4. The van der Waals surface area contributed by atoms with Crippen molar-refractivity contribution in [3.05, 3.63) is 260 Å². The van der Waals surface area contributed by atoms with Gasteiger partial charge in [-0.05, 0) is 187 Å². The van der Waals surface area contributed by atoms with Gasteiger partial charge in [0.05, 0.1) is 76.7 Å². The van der Waals surface area contributed by atoms with Crippen molar-refractivity contribution in [2.24, 2.45) is 57.4 Å². The molecule has 3 aliphatic rings. The van der Waals surface area contributed by atoms with Gasteiger partial charge in [-0.2, -0.15) is 28.5 Å². The first-order valence-electron chi connectivity index (χ1n) is 38.4. The molecule has 0 aliphatic carbocycles. The van der Waals surface area contributed by atoms with Crippen LogP contribution in [0, 0.1) is 35.0 Å². The summed E-state index contributed by atoms with van der Waals surface area (Å²) in [4.78, 5) is 17.5. The highest BCUT2D eigenvalue weighted by Crippen LogP contribution is 2.46. The fourth-order valence-electron chi connectivity index (χ4n) is 13.2. The van der Waals surface area contributed by atoms with Crippen LogP contribution in [0.4, 0.5) is 100.0 Å². The summed E-state index contributed by atoms with van der Waals surface area (Å²) in [6, 6.07) is 45.5. The van der Waals surface area contributed by atoms with Crippen molar-refractivity contribution in [1.29, 1.82) is 16.2 Å². The minimum atomic E-state index is -5.22. The van der Waals surface area contributed by atoms with Crippen molar-refractivity contribution >= 4 is 152 Å². The number of nitrogens with one attached hydrogen (secondary N) is 6. The number of aryl methyl sites for hydroxylation is 1. The fourth-order valence-corrected chi connectivity index (χ4v) is 16.8. The van der Waals surface area contributed by atoms with Crippen LogP contribution in [0.25, 0.3) is 0 Å². The quantitative estimate of drug-likeness (QED) is 0.0121. The van der Waals surface area contributed by atoms with E-state index in [0.29, 0.717) is 68.4 Å². The number of amidine groups is 6. The number of benzene rings is 9. The van der Waals surface area contributed by atoms with Crippen LogP contribution in [0.2, 0.25) is 5.02 Å². The Labute approximate surface area is 734 Å². The van der Waals surface area contributed by atoms with Gasteiger partial charge in [-0.15, -0.1) is 68.0 Å². The van der Waals surface area contributed by atoms with Crippen molar-refractivity contribution in [2.75, 3.05) is 45.0 Å². The molecular formula is C86H74ClF15N18O4S3. The largest absolute Gasteiger partial charge is 0.573 e. The van der Waals surface area contributed by atoms with Crippen LogP contribution in [-0.2, 0) is 25.4 Å². The molecule has 6 N–H and O–H groups in total. The molecule has 9 aromatic carbocycles. The van der Waals surface area contributed by atoms with Gasteiger partial charge in [-0.1, -0.05) is 151 Å². The number of ether oxygens (including phenoxy) is 4. The second kappa shape index (κ2) is 41.6. The zero-order chi connectivity index (χ0) is 90.8. The summed E-state index contributed by atoms with van der Waals surface area (Å²) in [6.07, 6.45) is -14.9. The Kier molecular flexibility index (Phi) is 30.6. The predicted octanol–water partition coefficient (Wildman–Crippen LogP) is 22.0. The third-order valence-electron chi connectivity index (χ3n) is 19.2. The topological polar surface area (TPSA) is 266 Å². The van der Waals surface area contributed by atoms with E-state index >= 15 is 13.2 Å². The van der Waals surface area contributed by atoms with E-state index in [0.717, 1.165) is 94.8 Å². The minimum absolute atomic E-state index is 0.0132. The number of hydrogen-bond donors (Lipinski definition) is 6. The van der Waals surface area contributed by atoms with Crippen LogP contribution < -0.4 is 49.6 Å². The van der Waals surface area contributed by atoms with Crippen LogP contribution in [0.5, 0.6) is 23.0 Å². The van der Waals surface area contributed by atoms with Gasteiger partial charge in [-0.3, -0.25) is 16.2 Å². The first-order valence-corrected chi connectivity index (χ1v) is 41.7. The Morgan fingerprint density at radius 1 is 0.472 bits per heavy atom. The number of alkyl halides is 15. The lowest BCUT2D eigenvalue weighted by molar-refractivity contribution is -0.275. The lowest BCUT2D eigenvalue weighted by Gasteiger charge is -2.38. The number of rotatable bonds is 27. The van der Waals surface area contributed by atoms with Gasteiger partial charge in [0.15, 0.2) is 21.3 Å². The van der Waals surface area contributed by atoms with E-state index in [1.807, 2.05) is 19.9 Å². The van der Waals surface area contributed by atoms with Crippen molar-refractivity contribution in [3.8, 4) is 23.0 Å². The molecule has 9 aromatic rings. The summed E-state index contributed by atoms with van der Waals surface area (Å²) in [5.41, 5.74) is 6.42. The first-order chi connectivity index (χ1) is 60.4. The van der Waals surface area contributed by atoms with Crippen LogP contribution in [0.15, 0.2) is 240 Å². The van der Waals surface area contributed by atoms with E-state index in [9.17, 15) is 52.7 Å². The summed E-state index contributed by atoms with van der Waals surface area (Å²) in [6.45, 7) is 6.06. The molecule has 0 amide bonds. The molecule has 662 valence electrons. The molecule has 0 saturated carbocycles. The Bertz CT molecular complexity index is 5680. The molecule has 3 heterocycles. The van der Waals surface area contributed by atoms with Crippen LogP contribution in [0.1, 0.15) is 81.5 Å². The number of aliphatic imine (C=N–C) groups is 3. The van der Waals surface area contributed by atoms with Gasteiger partial charge in [0, 0.05) is 58.8 Å². The summed E-state index contributed by atoms with van der Waals surface area (Å²) < 4.78 is 221. The predicted molar refractivity (Wildman–Crippen MR) is 471 cm³/mol. The van der Waals surface area contributed by atoms with E-state index in [1.54, 1.807) is 83.9 Å². The number of thioether (sulfide) groups is 3. The highest BCUT2D eigenvalue weighted by Gasteiger charge is 2.41. The Balaban J connectivity index is 0.800. The first kappa shape index (κ1) is 93.5. The normalized spacial score (nSPS) is 17.4. The lowest BCUT2D eigenvalue weighted by Crippen LogP contribution is -2.42. The smallest absolute Gasteiger partial charge is 0.406 e. The zero-order valence-corrected chi connectivity index (χ0v) is 70.0. The molecule has 3 saturated heterocycles. The summed E-state index contributed by atoms with van der Waals surface area (Å²) in [5.74, 6) is -1.61. The number of halogens is 16. The molecule has 0 radical (unpaired) electrons. The van der Waals surface area contributed by atoms with Gasteiger partial charge in [-0.25, -0.2) is 15.0 Å². The number of para-hydroxylation sites is 1. The van der Waals surface area contributed by atoms with Crippen molar-refractivity contribution < 1.29 is 84.8 Å². The number of nitrogens with zero attached hydrogens (tertiary/aromatic N) is 12. The number of hydrogen-bond acceptors (Lipinski definition) is 19. The van der Waals surface area contributed by atoms with E-state index < -0.39 is 71.8 Å². The van der Waals surface area contributed by atoms with E-state index in [1.165, 1.54) is 121 Å². The third kappa shape index (κ3) is 27.2. The van der Waals surface area contributed by atoms with Crippen LogP contribution in [-0.4, -0.2) is 133 Å². The monoisotopic (exact) mass is 1840 g/mol. The second-order valence-corrected chi connectivity index (χ2v) is 31.7. The van der Waals surface area contributed by atoms with Crippen LogP contribution >= 0.6 is 46.9 Å². The maximum Gasteiger partial charge on any atom is 0.573 e. The van der Waals surface area contributed by atoms with E-state index in [4.69, 9.17) is 37.7 Å². The standard InChI is InChI=1S/C86H74ClF15N18O4S3/c1-4-59-21-22-63(52(3)74(59)120-51(2)36-37-125-81(120)117-114-43-55-12-19-62(20-13-55)78(105)111-50-108-66-27-33-69(34-28-66)123-85(97,98)99)39-58-44-118(79(126-47-58)115-112-41-53-8-15-60(16-9-53)76(103)109-48-106-64-23-29-67(30-24-64)121-83(91,92)93)72-40-56(14-35-73(72)124-86(100,101)102)38-57-45-119(75-70(82(88,89)90)6-5-7-71(75)87)80(127-46-57)116-113-42-54-10-17-61(18-11-54)77(104)110-49-107-65-25-31-68(32-26-65)122-84(94,95)96/h5-35,40-43,48-51,57-58H,4,36-39,44-47H2,1-3H3,(H2,103,106,109)(H2,104,107,110)(H2,105,108,111)/b112-41-,113-42-,114-43-,115-79+,116-80+,117-81+. The second-order valence-electron chi connectivity index (χ2n) is 28.2. The molecule has 3 unspecified atom stereocenters. The number of anilines is 3. The molecule has 22 nitrogen and oxygen atoms in total. The lowest BCUT2D eigenvalue weighted by atomic mass is 9.92. The van der Waals surface area contributed by atoms with Gasteiger partial charge in [0.25, 0.3) is 0 Å². The average molecular weight is 1840 g/mol. The van der Waals surface area contributed by atoms with Crippen molar-refractivity contribution in [3.63, 3.8) is 0 Å². The Morgan fingerprint density at radius 3 is 1.31 bits per heavy atom. The van der Waals surface area contributed by atoms with Gasteiger partial charge < -0.3 is 49.6 Å². The molecule has 0 bridgehead atoms. The Morgan fingerprint density at radius 2 is 0.882 bits per heavy atom. The zero-order valence-electron chi connectivity index (χ0n) is 66.8. The van der Waals surface area contributed by atoms with Gasteiger partial charge >= 0.3 is 31.6 Å². The molecular weight excluding hydrogens is 1770 g/mol. The Hall–Kier alpha value is -12.7. The molecule has 12 rings (SSSR count). The summed E-state index contributed by atoms with van der Waals surface area (Å²) >= 11 is 10.6. The van der Waals surface area contributed by atoms with Gasteiger partial charge in [0.1, 0.15) is 34.8 Å². The molecule has 127 heavy (non-hydrogen) atoms. The van der Waals surface area contributed by atoms with Crippen LogP contribution in [0.3, 0.4) is 0 Å². The molecule has 3 fully saturated rings. The highest BCUT2D eigenvalue weighted by atomic mass is 35.5. The van der Waals surface area contributed by atoms with E-state index in [2.05, 4.69) is 88.5 Å². The maximum absolute atomic E-state index is 15.1. The average Bonchev–Trinajstić information content (AvgIpc) is 0.779. The summed E-state index contributed by atoms with van der Waals surface area (Å²) in [7, 11) is 0. The molecule has 0 spiro atoms. The van der Waals surface area contributed by atoms with Crippen molar-refractivity contribution in [1.82, 2.24) is 16.0 Å². The molecule has 3 atom stereocenters. The van der Waals surface area contributed by atoms with Crippen molar-refractivity contribution in [2.45, 2.75) is 84.1 Å². The molecule has 41 heteroatoms. The highest BCUT2D eigenvalue weighted by molar-refractivity contribution is 8.14.